The summed E-state index contributed by atoms with van der Waals surface area (Å²) in [5, 5.41) is 11.9. The van der Waals surface area contributed by atoms with E-state index in [1.54, 1.807) is 6.92 Å². The molecule has 3 unspecified atom stereocenters. The lowest BCUT2D eigenvalue weighted by atomic mass is 10.1. The van der Waals surface area contributed by atoms with Crippen molar-refractivity contribution in [1.29, 1.82) is 0 Å². The molecule has 0 aliphatic carbocycles. The fraction of sp³-hybridized carbons (Fsp3) is 0.800. The highest BCUT2D eigenvalue weighted by Crippen LogP contribution is 2.25. The fourth-order valence-electron chi connectivity index (χ4n) is 1.71. The number of amides is 1. The van der Waals surface area contributed by atoms with Gasteiger partial charge in [0.05, 0.1) is 5.92 Å². The largest absolute Gasteiger partial charge is 0.409 e. The summed E-state index contributed by atoms with van der Waals surface area (Å²) in [6, 6.07) is 0.195. The Kier molecular flexibility index (Phi) is 4.46. The van der Waals surface area contributed by atoms with Crippen molar-refractivity contribution in [3.63, 3.8) is 0 Å². The minimum absolute atomic E-state index is 0.0249. The number of amidine groups is 1. The summed E-state index contributed by atoms with van der Waals surface area (Å²) < 4.78 is 0. The molecule has 6 heteroatoms. The molecule has 0 aromatic carbocycles. The summed E-state index contributed by atoms with van der Waals surface area (Å²) in [6.45, 7) is 6.55. The molecule has 1 fully saturated rings. The Hall–Kier alpha value is -0.910. The van der Waals surface area contributed by atoms with Crippen molar-refractivity contribution in [2.75, 3.05) is 12.3 Å². The average Bonchev–Trinajstić information content (AvgIpc) is 2.29. The Balaban J connectivity index is 2.73. The number of nitrogens with two attached hydrogens (primary N) is 1. The number of oxime groups is 1. The molecule has 5 nitrogen and oxygen atoms in total. The predicted molar refractivity (Wildman–Crippen MR) is 65.7 cm³/mol. The second kappa shape index (κ2) is 5.43. The van der Waals surface area contributed by atoms with E-state index in [2.05, 4.69) is 12.1 Å². The first-order valence-electron chi connectivity index (χ1n) is 5.38. The van der Waals surface area contributed by atoms with Gasteiger partial charge in [-0.25, -0.2) is 0 Å². The van der Waals surface area contributed by atoms with E-state index in [1.165, 1.54) is 0 Å². The molecule has 3 N–H and O–H groups in total. The van der Waals surface area contributed by atoms with Crippen LogP contribution in [0.4, 0.5) is 0 Å². The predicted octanol–water partition coefficient (Wildman–Crippen LogP) is 0.721. The molecule has 92 valence electrons. The molecule has 1 rings (SSSR count). The number of rotatable bonds is 2. The second-order valence-corrected chi connectivity index (χ2v) is 5.58. The number of thioether (sulfide) groups is 1. The number of hydrogen-bond donors (Lipinski definition) is 2. The van der Waals surface area contributed by atoms with Crippen LogP contribution >= 0.6 is 11.8 Å². The van der Waals surface area contributed by atoms with E-state index >= 15 is 0 Å². The normalized spacial score (nSPS) is 28.9. The third kappa shape index (κ3) is 2.61. The Bertz CT molecular complexity index is 296. The molecule has 1 amide bonds. The van der Waals surface area contributed by atoms with Gasteiger partial charge in [0, 0.05) is 23.6 Å². The Morgan fingerprint density at radius 1 is 1.62 bits per heavy atom. The van der Waals surface area contributed by atoms with Crippen molar-refractivity contribution in [3.05, 3.63) is 0 Å². The monoisotopic (exact) mass is 245 g/mol. The van der Waals surface area contributed by atoms with E-state index in [4.69, 9.17) is 10.9 Å². The van der Waals surface area contributed by atoms with E-state index in [0.29, 0.717) is 5.25 Å². The standard InChI is InChI=1S/C10H19N3O2S/c1-6(9(11)12-15)10(14)13-4-5-16-8(3)7(13)2/h6-8,15H,4-5H2,1-3H3,(H2,11,12). The molecule has 0 saturated carbocycles. The van der Waals surface area contributed by atoms with Crippen LogP contribution in [-0.2, 0) is 4.79 Å². The van der Waals surface area contributed by atoms with Crippen molar-refractivity contribution in [1.82, 2.24) is 4.90 Å². The number of carbonyl (C=O) groups excluding carboxylic acids is 1. The van der Waals surface area contributed by atoms with Gasteiger partial charge in [0.1, 0.15) is 0 Å². The zero-order valence-corrected chi connectivity index (χ0v) is 10.7. The second-order valence-electron chi connectivity index (χ2n) is 4.09. The third-order valence-corrected chi connectivity index (χ3v) is 4.43. The van der Waals surface area contributed by atoms with Gasteiger partial charge in [-0.15, -0.1) is 0 Å². The van der Waals surface area contributed by atoms with Crippen LogP contribution in [0.5, 0.6) is 0 Å². The molecule has 0 aromatic rings. The number of hydrogen-bond acceptors (Lipinski definition) is 4. The molecule has 0 radical (unpaired) electrons. The zero-order valence-electron chi connectivity index (χ0n) is 9.88. The molecule has 0 aromatic heterocycles. The van der Waals surface area contributed by atoms with E-state index in [9.17, 15) is 4.79 Å². The maximum atomic E-state index is 12.1. The van der Waals surface area contributed by atoms with Crippen LogP contribution in [0.15, 0.2) is 5.16 Å². The molecular weight excluding hydrogens is 226 g/mol. The zero-order chi connectivity index (χ0) is 12.3. The molecular formula is C10H19N3O2S. The van der Waals surface area contributed by atoms with Crippen molar-refractivity contribution in [3.8, 4) is 0 Å². The van der Waals surface area contributed by atoms with Gasteiger partial charge >= 0.3 is 0 Å². The van der Waals surface area contributed by atoms with Crippen molar-refractivity contribution in [2.45, 2.75) is 32.1 Å². The highest BCUT2D eigenvalue weighted by molar-refractivity contribution is 8.00. The first-order valence-corrected chi connectivity index (χ1v) is 6.43. The minimum atomic E-state index is -0.553. The minimum Gasteiger partial charge on any atom is -0.409 e. The number of nitrogens with zero attached hydrogens (tertiary/aromatic N) is 2. The van der Waals surface area contributed by atoms with Gasteiger partial charge < -0.3 is 15.8 Å². The lowest BCUT2D eigenvalue weighted by molar-refractivity contribution is -0.134. The van der Waals surface area contributed by atoms with E-state index in [0.717, 1.165) is 12.3 Å². The summed E-state index contributed by atoms with van der Waals surface area (Å²) in [5.41, 5.74) is 5.45. The van der Waals surface area contributed by atoms with Crippen LogP contribution in [0.25, 0.3) is 0 Å². The number of carbonyl (C=O) groups is 1. The third-order valence-electron chi connectivity index (χ3n) is 3.10. The summed E-state index contributed by atoms with van der Waals surface area (Å²) in [5.74, 6) is 0.306. The molecule has 0 bridgehead atoms. The SMILES string of the molecule is CC(C(=O)N1CCSC(C)C1C)C(N)=NO. The van der Waals surface area contributed by atoms with E-state index in [-0.39, 0.29) is 17.8 Å². The fourth-order valence-corrected chi connectivity index (χ4v) is 2.81. The molecule has 16 heavy (non-hydrogen) atoms. The van der Waals surface area contributed by atoms with E-state index in [1.807, 2.05) is 23.6 Å². The summed E-state index contributed by atoms with van der Waals surface area (Å²) in [6.07, 6.45) is 0. The molecule has 3 atom stereocenters. The van der Waals surface area contributed by atoms with Gasteiger partial charge in [-0.3, -0.25) is 4.79 Å². The van der Waals surface area contributed by atoms with Gasteiger partial charge in [0.15, 0.2) is 5.84 Å². The van der Waals surface area contributed by atoms with Gasteiger partial charge in [-0.2, -0.15) is 11.8 Å². The molecule has 1 aliphatic rings. The Labute approximate surface area is 100 Å². The molecule has 1 saturated heterocycles. The molecule has 1 aliphatic heterocycles. The lowest BCUT2D eigenvalue weighted by Gasteiger charge is -2.38. The Morgan fingerprint density at radius 3 is 2.81 bits per heavy atom. The maximum Gasteiger partial charge on any atom is 0.233 e. The van der Waals surface area contributed by atoms with E-state index < -0.39 is 5.92 Å². The van der Waals surface area contributed by atoms with Crippen molar-refractivity contribution >= 4 is 23.5 Å². The smallest absolute Gasteiger partial charge is 0.233 e. The average molecular weight is 245 g/mol. The lowest BCUT2D eigenvalue weighted by Crippen LogP contribution is -2.51. The maximum absolute atomic E-state index is 12.1. The quantitative estimate of drug-likeness (QED) is 0.325. The summed E-state index contributed by atoms with van der Waals surface area (Å²) in [4.78, 5) is 13.9. The molecule has 1 heterocycles. The van der Waals surface area contributed by atoms with Gasteiger partial charge in [-0.05, 0) is 13.8 Å². The highest BCUT2D eigenvalue weighted by atomic mass is 32.2. The van der Waals surface area contributed by atoms with Crippen LogP contribution in [0.2, 0.25) is 0 Å². The molecule has 0 spiro atoms. The topological polar surface area (TPSA) is 78.9 Å². The first-order chi connectivity index (χ1) is 7.49. The van der Waals surface area contributed by atoms with Gasteiger partial charge in [0.25, 0.3) is 0 Å². The first kappa shape index (κ1) is 13.2. The van der Waals surface area contributed by atoms with Gasteiger partial charge in [0.2, 0.25) is 5.91 Å². The summed E-state index contributed by atoms with van der Waals surface area (Å²) >= 11 is 1.87. The van der Waals surface area contributed by atoms with Crippen LogP contribution in [0, 0.1) is 5.92 Å². The van der Waals surface area contributed by atoms with Crippen LogP contribution < -0.4 is 5.73 Å². The van der Waals surface area contributed by atoms with Crippen LogP contribution in [-0.4, -0.2) is 45.4 Å². The van der Waals surface area contributed by atoms with Crippen LogP contribution in [0.1, 0.15) is 20.8 Å². The van der Waals surface area contributed by atoms with Gasteiger partial charge in [-0.1, -0.05) is 12.1 Å². The summed E-state index contributed by atoms with van der Waals surface area (Å²) in [7, 11) is 0. The van der Waals surface area contributed by atoms with Crippen molar-refractivity contribution in [2.24, 2.45) is 16.8 Å². The Morgan fingerprint density at radius 2 is 2.25 bits per heavy atom. The van der Waals surface area contributed by atoms with Crippen LogP contribution in [0.3, 0.4) is 0 Å². The van der Waals surface area contributed by atoms with Crippen molar-refractivity contribution < 1.29 is 10.0 Å². The highest BCUT2D eigenvalue weighted by Gasteiger charge is 2.32.